The van der Waals surface area contributed by atoms with E-state index >= 15 is 0 Å². The third kappa shape index (κ3) is 6.33. The highest BCUT2D eigenvalue weighted by molar-refractivity contribution is 7.99. The maximum Gasteiger partial charge on any atom is 0.191 e. The van der Waals surface area contributed by atoms with Crippen LogP contribution in [-0.4, -0.2) is 73.8 Å². The molecule has 25 heavy (non-hydrogen) atoms. The van der Waals surface area contributed by atoms with Crippen molar-refractivity contribution in [3.05, 3.63) is 0 Å². The average molecular weight is 371 g/mol. The van der Waals surface area contributed by atoms with E-state index in [9.17, 15) is 0 Å². The van der Waals surface area contributed by atoms with Crippen molar-refractivity contribution in [2.75, 3.05) is 46.2 Å². The van der Waals surface area contributed by atoms with Crippen molar-refractivity contribution >= 4 is 17.7 Å². The summed E-state index contributed by atoms with van der Waals surface area (Å²) in [5.74, 6) is 2.21. The predicted octanol–water partition coefficient (Wildman–Crippen LogP) is 2.72. The van der Waals surface area contributed by atoms with Gasteiger partial charge in [-0.25, -0.2) is 0 Å². The highest BCUT2D eigenvalue weighted by atomic mass is 32.2. The zero-order valence-corrected chi connectivity index (χ0v) is 17.5. The number of aliphatic imine (C=N–C) groups is 1. The summed E-state index contributed by atoms with van der Waals surface area (Å²) in [6.07, 6.45) is 7.33. The molecule has 2 atom stereocenters. The van der Waals surface area contributed by atoms with Gasteiger partial charge < -0.3 is 20.3 Å². The van der Waals surface area contributed by atoms with Gasteiger partial charge >= 0.3 is 0 Å². The molecular weight excluding hydrogens is 332 g/mol. The van der Waals surface area contributed by atoms with E-state index in [0.717, 1.165) is 50.4 Å². The standard InChI is InChI=1S/C19H38N4OS/c1-5-20-18(22-16-8-7-9-17(14-16)25-6-2)21-15-19(23(3)4)10-12-24-13-11-19/h16-17H,5-15H2,1-4H3,(H2,20,21,22). The molecule has 0 aromatic rings. The quantitative estimate of drug-likeness (QED) is 0.533. The van der Waals surface area contributed by atoms with Crippen LogP contribution in [0.25, 0.3) is 0 Å². The van der Waals surface area contributed by atoms with Gasteiger partial charge in [0, 0.05) is 36.6 Å². The summed E-state index contributed by atoms with van der Waals surface area (Å²) >= 11 is 2.11. The lowest BCUT2D eigenvalue weighted by Gasteiger charge is -2.42. The zero-order chi connectivity index (χ0) is 18.1. The lowest BCUT2D eigenvalue weighted by Crippen LogP contribution is -2.52. The Morgan fingerprint density at radius 3 is 2.64 bits per heavy atom. The first kappa shape index (κ1) is 20.8. The van der Waals surface area contributed by atoms with E-state index in [1.807, 2.05) is 0 Å². The smallest absolute Gasteiger partial charge is 0.191 e. The molecule has 0 radical (unpaired) electrons. The van der Waals surface area contributed by atoms with Gasteiger partial charge in [-0.15, -0.1) is 0 Å². The molecule has 2 fully saturated rings. The molecule has 6 heteroatoms. The van der Waals surface area contributed by atoms with Gasteiger partial charge in [-0.05, 0) is 58.9 Å². The Morgan fingerprint density at radius 2 is 2.00 bits per heavy atom. The van der Waals surface area contributed by atoms with Crippen molar-refractivity contribution in [2.45, 2.75) is 69.2 Å². The van der Waals surface area contributed by atoms with Crippen LogP contribution in [0.15, 0.2) is 4.99 Å². The number of nitrogens with one attached hydrogen (secondary N) is 2. The number of nitrogens with zero attached hydrogens (tertiary/aromatic N) is 2. The second kappa shape index (κ2) is 10.6. The fraction of sp³-hybridized carbons (Fsp3) is 0.947. The summed E-state index contributed by atoms with van der Waals surface area (Å²) in [5.41, 5.74) is 0.133. The highest BCUT2D eigenvalue weighted by Gasteiger charge is 2.34. The van der Waals surface area contributed by atoms with Gasteiger partial charge in [0.25, 0.3) is 0 Å². The first-order valence-corrected chi connectivity index (χ1v) is 11.1. The van der Waals surface area contributed by atoms with Crippen LogP contribution in [0.4, 0.5) is 0 Å². The molecule has 146 valence electrons. The van der Waals surface area contributed by atoms with Crippen LogP contribution >= 0.6 is 11.8 Å². The second-order valence-corrected chi connectivity index (χ2v) is 9.09. The lowest BCUT2D eigenvalue weighted by molar-refractivity contribution is -0.00255. The molecule has 5 nitrogen and oxygen atoms in total. The minimum Gasteiger partial charge on any atom is -0.381 e. The van der Waals surface area contributed by atoms with Gasteiger partial charge in [0.1, 0.15) is 0 Å². The summed E-state index contributed by atoms with van der Waals surface area (Å²) in [6.45, 7) is 7.83. The molecule has 0 bridgehead atoms. The van der Waals surface area contributed by atoms with Crippen molar-refractivity contribution in [2.24, 2.45) is 4.99 Å². The minimum absolute atomic E-state index is 0.133. The largest absolute Gasteiger partial charge is 0.381 e. The fourth-order valence-corrected chi connectivity index (χ4v) is 5.07. The number of hydrogen-bond acceptors (Lipinski definition) is 4. The maximum atomic E-state index is 5.58. The van der Waals surface area contributed by atoms with Crippen molar-refractivity contribution < 1.29 is 4.74 Å². The summed E-state index contributed by atoms with van der Waals surface area (Å²) < 4.78 is 5.58. The molecule has 1 aliphatic heterocycles. The zero-order valence-electron chi connectivity index (χ0n) is 16.6. The number of rotatable bonds is 7. The molecular formula is C19H38N4OS. The molecule has 1 saturated carbocycles. The lowest BCUT2D eigenvalue weighted by atomic mass is 9.89. The van der Waals surface area contributed by atoms with Crippen molar-refractivity contribution in [3.8, 4) is 0 Å². The van der Waals surface area contributed by atoms with Crippen LogP contribution in [0, 0.1) is 0 Å². The van der Waals surface area contributed by atoms with Gasteiger partial charge in [-0.3, -0.25) is 4.99 Å². The van der Waals surface area contributed by atoms with E-state index < -0.39 is 0 Å². The summed E-state index contributed by atoms with van der Waals surface area (Å²) in [6, 6.07) is 0.556. The number of thioether (sulfide) groups is 1. The fourth-order valence-electron chi connectivity index (χ4n) is 3.90. The molecule has 2 rings (SSSR count). The molecule has 0 aromatic carbocycles. The Labute approximate surface area is 158 Å². The van der Waals surface area contributed by atoms with Gasteiger partial charge in [-0.2, -0.15) is 11.8 Å². The normalized spacial score (nSPS) is 27.3. The van der Waals surface area contributed by atoms with Crippen LogP contribution in [-0.2, 0) is 4.74 Å². The van der Waals surface area contributed by atoms with Gasteiger partial charge in [0.05, 0.1) is 6.54 Å². The van der Waals surface area contributed by atoms with E-state index in [-0.39, 0.29) is 5.54 Å². The predicted molar refractivity (Wildman–Crippen MR) is 110 cm³/mol. The van der Waals surface area contributed by atoms with Gasteiger partial charge in [-0.1, -0.05) is 13.3 Å². The molecule has 0 aromatic heterocycles. The Hall–Kier alpha value is -0.460. The third-order valence-electron chi connectivity index (χ3n) is 5.62. The molecule has 2 aliphatic rings. The van der Waals surface area contributed by atoms with E-state index in [0.29, 0.717) is 6.04 Å². The minimum atomic E-state index is 0.133. The molecule has 2 N–H and O–H groups in total. The molecule has 0 amide bonds. The molecule has 1 saturated heterocycles. The molecule has 2 unspecified atom stereocenters. The van der Waals surface area contributed by atoms with Crippen LogP contribution in [0.2, 0.25) is 0 Å². The Kier molecular flexibility index (Phi) is 8.87. The van der Waals surface area contributed by atoms with Crippen molar-refractivity contribution in [3.63, 3.8) is 0 Å². The maximum absolute atomic E-state index is 5.58. The van der Waals surface area contributed by atoms with E-state index in [1.54, 1.807) is 0 Å². The van der Waals surface area contributed by atoms with Crippen LogP contribution in [0.1, 0.15) is 52.4 Å². The van der Waals surface area contributed by atoms with E-state index in [4.69, 9.17) is 9.73 Å². The summed E-state index contributed by atoms with van der Waals surface area (Å²) in [7, 11) is 4.35. The van der Waals surface area contributed by atoms with Gasteiger partial charge in [0.15, 0.2) is 5.96 Å². The van der Waals surface area contributed by atoms with Crippen molar-refractivity contribution in [1.82, 2.24) is 15.5 Å². The summed E-state index contributed by atoms with van der Waals surface area (Å²) in [4.78, 5) is 7.33. The summed E-state index contributed by atoms with van der Waals surface area (Å²) in [5, 5.41) is 7.98. The molecule has 1 heterocycles. The number of guanidine groups is 1. The average Bonchev–Trinajstić information content (AvgIpc) is 2.61. The first-order valence-electron chi connectivity index (χ1n) is 10.0. The molecule has 1 aliphatic carbocycles. The third-order valence-corrected chi connectivity index (χ3v) is 6.85. The van der Waals surface area contributed by atoms with Crippen LogP contribution in [0.5, 0.6) is 0 Å². The Bertz CT molecular complexity index is 408. The molecule has 0 spiro atoms. The Balaban J connectivity index is 1.97. The highest BCUT2D eigenvalue weighted by Crippen LogP contribution is 2.29. The van der Waals surface area contributed by atoms with Crippen LogP contribution in [0.3, 0.4) is 0 Å². The van der Waals surface area contributed by atoms with Crippen molar-refractivity contribution in [1.29, 1.82) is 0 Å². The van der Waals surface area contributed by atoms with E-state index in [2.05, 4.69) is 55.2 Å². The first-order chi connectivity index (χ1) is 12.1. The topological polar surface area (TPSA) is 48.9 Å². The number of hydrogen-bond donors (Lipinski definition) is 2. The number of likely N-dealkylation sites (N-methyl/N-ethyl adjacent to an activating group) is 1. The second-order valence-electron chi connectivity index (χ2n) is 7.51. The Morgan fingerprint density at radius 1 is 1.24 bits per heavy atom. The number of ether oxygens (including phenoxy) is 1. The monoisotopic (exact) mass is 370 g/mol. The van der Waals surface area contributed by atoms with Crippen LogP contribution < -0.4 is 10.6 Å². The van der Waals surface area contributed by atoms with E-state index in [1.165, 1.54) is 31.4 Å². The van der Waals surface area contributed by atoms with Gasteiger partial charge in [0.2, 0.25) is 0 Å². The SMILES string of the molecule is CCNC(=NCC1(N(C)C)CCOCC1)NC1CCCC(SCC)C1.